The largest absolute Gasteiger partial charge is 0.507 e. The van der Waals surface area contributed by atoms with Crippen molar-refractivity contribution < 1.29 is 72.9 Å². The first-order valence-electron chi connectivity index (χ1n) is 18.8. The molecule has 4 aliphatic heterocycles. The number of imide groups is 1. The third-order valence-electron chi connectivity index (χ3n) is 12.2. The van der Waals surface area contributed by atoms with E-state index in [1.165, 1.54) is 37.3 Å². The number of rotatable bonds is 8. The number of fused-ring (bicyclic) bond motifs is 6. The van der Waals surface area contributed by atoms with Gasteiger partial charge in [-0.15, -0.1) is 0 Å². The summed E-state index contributed by atoms with van der Waals surface area (Å²) < 4.78 is 30.3. The molecule has 6 aliphatic rings. The van der Waals surface area contributed by atoms with E-state index in [-0.39, 0.29) is 53.4 Å². The van der Waals surface area contributed by atoms with Crippen molar-refractivity contribution in [2.45, 2.75) is 88.2 Å². The lowest BCUT2D eigenvalue weighted by molar-refractivity contribution is -0.248. The topological polar surface area (TPSA) is 239 Å². The minimum atomic E-state index is -2.31. The molecule has 1 unspecified atom stereocenters. The zero-order valence-corrected chi connectivity index (χ0v) is 31.6. The maximum Gasteiger partial charge on any atom is 0.244 e. The molecule has 4 heterocycles. The van der Waals surface area contributed by atoms with Gasteiger partial charge >= 0.3 is 0 Å². The number of hydrogen-bond acceptors (Lipinski definition) is 16. The number of Topliss-reactive ketones (excluding diaryl/α,β-unsaturated/α-hetero) is 1. The molecule has 0 saturated carbocycles. The minimum absolute atomic E-state index is 0.0395. The Morgan fingerprint density at radius 1 is 0.982 bits per heavy atom. The molecule has 0 spiro atoms. The van der Waals surface area contributed by atoms with Gasteiger partial charge in [0.25, 0.3) is 0 Å². The van der Waals surface area contributed by atoms with Crippen molar-refractivity contribution in [1.29, 1.82) is 0 Å². The highest BCUT2D eigenvalue weighted by molar-refractivity contribution is 6.31. The predicted molar refractivity (Wildman–Crippen MR) is 190 cm³/mol. The summed E-state index contributed by atoms with van der Waals surface area (Å²) in [5.74, 6) is -5.71. The predicted octanol–water partition coefficient (Wildman–Crippen LogP) is -0.0817. The average Bonchev–Trinajstić information content (AvgIpc) is 3.68. The Morgan fingerprint density at radius 3 is 2.39 bits per heavy atom. The molecule has 0 aromatic heterocycles. The number of ether oxygens (including phenoxy) is 5. The van der Waals surface area contributed by atoms with Gasteiger partial charge in [0.2, 0.25) is 23.5 Å². The number of benzene rings is 2. The van der Waals surface area contributed by atoms with Gasteiger partial charge in [-0.25, -0.2) is 0 Å². The Bertz CT molecular complexity index is 2110. The summed E-state index contributed by atoms with van der Waals surface area (Å²) in [7, 11) is 2.74. The quantitative estimate of drug-likeness (QED) is 0.172. The number of carbonyl (C=O) groups is 6. The fourth-order valence-electron chi connectivity index (χ4n) is 9.41. The molecule has 18 nitrogen and oxygen atoms in total. The van der Waals surface area contributed by atoms with Gasteiger partial charge in [0.1, 0.15) is 42.1 Å². The van der Waals surface area contributed by atoms with Crippen molar-refractivity contribution in [2.24, 2.45) is 5.92 Å². The van der Waals surface area contributed by atoms with E-state index >= 15 is 0 Å². The van der Waals surface area contributed by atoms with Crippen LogP contribution in [0.3, 0.4) is 0 Å². The van der Waals surface area contributed by atoms with E-state index < -0.39 is 132 Å². The Balaban J connectivity index is 1.08. The minimum Gasteiger partial charge on any atom is -0.507 e. The second-order valence-corrected chi connectivity index (χ2v) is 15.4. The zero-order valence-electron chi connectivity index (χ0n) is 31.6. The van der Waals surface area contributed by atoms with E-state index in [1.54, 1.807) is 13.8 Å². The molecule has 2 aromatic rings. The molecule has 0 bridgehead atoms. The number of likely N-dealkylation sites (tertiary alicyclic amines) is 1. The van der Waals surface area contributed by atoms with Gasteiger partial charge < -0.3 is 49.0 Å². The third kappa shape index (κ3) is 5.95. The lowest BCUT2D eigenvalue weighted by Gasteiger charge is -2.45. The Labute approximate surface area is 325 Å². The lowest BCUT2D eigenvalue weighted by Crippen LogP contribution is -2.63. The molecule has 18 heteroatoms. The summed E-state index contributed by atoms with van der Waals surface area (Å²) in [5, 5.41) is 45.1. The molecule has 2 aliphatic carbocycles. The molecule has 4 saturated heterocycles. The molecule has 4 N–H and O–H groups in total. The number of hydrogen-bond donors (Lipinski definition) is 4. The van der Waals surface area contributed by atoms with Gasteiger partial charge in [-0.2, -0.15) is 0 Å². The van der Waals surface area contributed by atoms with Crippen molar-refractivity contribution in [3.63, 3.8) is 0 Å². The molecule has 304 valence electrons. The van der Waals surface area contributed by atoms with Crippen LogP contribution in [0.4, 0.5) is 0 Å². The fourth-order valence-corrected chi connectivity index (χ4v) is 9.41. The van der Waals surface area contributed by atoms with Crippen LogP contribution in [0.1, 0.15) is 82.2 Å². The van der Waals surface area contributed by atoms with E-state index in [0.29, 0.717) is 6.54 Å². The Hall–Kier alpha value is -4.82. The monoisotopic (exact) mass is 793 g/mol. The summed E-state index contributed by atoms with van der Waals surface area (Å²) in [6, 6.07) is 3.98. The first-order valence-corrected chi connectivity index (χ1v) is 18.8. The standard InChI is InChI=1S/C39H43N3O15/c1-16-10-24(45)42(36(16)51)14-25(46)41-9-8-40-20-11-26(55-17(2)35(20)57-38(40)37(41)54-4)56-22-13-39(52,23(44)15-43)12-19-28(22)34(50)30-29(32(19)48)31(47)18-6-5-7-21(53-3)27(18)33(30)49/h5-7,16-17,20,22,26,35,37-38,43,48,50,52H,8-15H2,1-4H3/t16?,17-,20-,22-,26-,35+,37+,38+,39-/m0/s1. The number of nitrogens with zero attached hydrogens (tertiary/aromatic N) is 3. The summed E-state index contributed by atoms with van der Waals surface area (Å²) in [4.78, 5) is 83.8. The van der Waals surface area contributed by atoms with E-state index in [1.807, 2.05) is 4.90 Å². The van der Waals surface area contributed by atoms with Gasteiger partial charge in [0.05, 0.1) is 36.0 Å². The van der Waals surface area contributed by atoms with Crippen LogP contribution < -0.4 is 4.74 Å². The second-order valence-electron chi connectivity index (χ2n) is 15.4. The summed E-state index contributed by atoms with van der Waals surface area (Å²) in [5.41, 5.74) is -3.82. The van der Waals surface area contributed by atoms with Crippen molar-refractivity contribution in [2.75, 3.05) is 40.5 Å². The molecular weight excluding hydrogens is 750 g/mol. The van der Waals surface area contributed by atoms with Crippen molar-refractivity contribution in [3.05, 3.63) is 51.6 Å². The molecule has 2 aromatic carbocycles. The number of aliphatic hydroxyl groups excluding tert-OH is 1. The summed E-state index contributed by atoms with van der Waals surface area (Å²) >= 11 is 0. The van der Waals surface area contributed by atoms with E-state index in [0.717, 1.165) is 4.90 Å². The van der Waals surface area contributed by atoms with Crippen LogP contribution in [-0.4, -0.2) is 153 Å². The number of carbonyl (C=O) groups excluding carboxylic acids is 6. The number of ketones is 3. The Kier molecular flexibility index (Phi) is 9.74. The highest BCUT2D eigenvalue weighted by Gasteiger charge is 2.57. The van der Waals surface area contributed by atoms with Gasteiger partial charge in [0, 0.05) is 74.5 Å². The SMILES string of the molecule is COc1cccc2c1C(=O)c1c(O)c3c(c(O)c1C2=O)C[C@@](O)(C(=O)CO)C[C@@H]3O[C@H]1C[C@H]2[C@H](O[C@@H]3[C@@H](OC)N(C(=O)CN4C(=O)CC(C)C4=O)CCN32)[C@H](C)O1. The molecule has 9 atom stereocenters. The molecule has 4 fully saturated rings. The number of piperazine rings is 1. The number of methoxy groups -OCH3 is 2. The van der Waals surface area contributed by atoms with E-state index in [9.17, 15) is 49.2 Å². The summed E-state index contributed by atoms with van der Waals surface area (Å²) in [6.45, 7) is 2.40. The summed E-state index contributed by atoms with van der Waals surface area (Å²) in [6.07, 6.45) is -6.29. The van der Waals surface area contributed by atoms with Gasteiger partial charge in [-0.3, -0.25) is 38.6 Å². The highest BCUT2D eigenvalue weighted by Crippen LogP contribution is 2.53. The molecule has 3 amide bonds. The third-order valence-corrected chi connectivity index (χ3v) is 12.2. The van der Waals surface area contributed by atoms with Crippen LogP contribution in [0.25, 0.3) is 0 Å². The molecule has 8 rings (SSSR count). The van der Waals surface area contributed by atoms with Crippen LogP contribution in [-0.2, 0) is 44.5 Å². The number of aromatic hydroxyl groups is 2. The van der Waals surface area contributed by atoms with Gasteiger partial charge in [0.15, 0.2) is 30.3 Å². The Morgan fingerprint density at radius 2 is 1.72 bits per heavy atom. The number of amides is 3. The van der Waals surface area contributed by atoms with E-state index in [4.69, 9.17) is 23.7 Å². The van der Waals surface area contributed by atoms with Crippen molar-refractivity contribution in [1.82, 2.24) is 14.7 Å². The van der Waals surface area contributed by atoms with Crippen LogP contribution in [0.5, 0.6) is 17.2 Å². The molecule has 57 heavy (non-hydrogen) atoms. The fraction of sp³-hybridized carbons (Fsp3) is 0.538. The van der Waals surface area contributed by atoms with Crippen molar-refractivity contribution in [3.8, 4) is 17.2 Å². The second kappa shape index (κ2) is 14.2. The highest BCUT2D eigenvalue weighted by atomic mass is 16.7. The normalized spacial score (nSPS) is 32.1. The van der Waals surface area contributed by atoms with Crippen LogP contribution in [0.15, 0.2) is 18.2 Å². The van der Waals surface area contributed by atoms with Gasteiger partial charge in [-0.1, -0.05) is 19.1 Å². The van der Waals surface area contributed by atoms with Gasteiger partial charge in [-0.05, 0) is 13.0 Å². The van der Waals surface area contributed by atoms with Crippen LogP contribution in [0, 0.1) is 5.92 Å². The first kappa shape index (κ1) is 39.0. The maximum atomic E-state index is 14.0. The molecule has 0 radical (unpaired) electrons. The lowest BCUT2D eigenvalue weighted by atomic mass is 9.72. The number of aliphatic hydroxyl groups is 2. The van der Waals surface area contributed by atoms with E-state index in [2.05, 4.69) is 0 Å². The zero-order chi connectivity index (χ0) is 40.8. The molecular formula is C39H43N3O15. The van der Waals surface area contributed by atoms with Crippen molar-refractivity contribution >= 4 is 35.1 Å². The smallest absolute Gasteiger partial charge is 0.244 e. The average molecular weight is 794 g/mol. The number of phenolic OH excluding ortho intramolecular Hbond substituents is 2. The van der Waals surface area contributed by atoms with Crippen LogP contribution in [0.2, 0.25) is 0 Å². The maximum absolute atomic E-state index is 14.0. The number of phenols is 2. The van der Waals surface area contributed by atoms with Crippen LogP contribution >= 0.6 is 0 Å². The first-order chi connectivity index (χ1) is 27.1.